The van der Waals surface area contributed by atoms with Gasteiger partial charge in [0.2, 0.25) is 5.91 Å². The maximum Gasteiger partial charge on any atom is 0.267 e. The molecule has 0 heterocycles. The number of amides is 1. The summed E-state index contributed by atoms with van der Waals surface area (Å²) in [5, 5.41) is 23.2. The van der Waals surface area contributed by atoms with Crippen LogP contribution in [0.3, 0.4) is 0 Å². The van der Waals surface area contributed by atoms with Crippen LogP contribution in [0.2, 0.25) is 0 Å². The topological polar surface area (TPSA) is 124 Å². The summed E-state index contributed by atoms with van der Waals surface area (Å²) in [6, 6.07) is -1.26. The monoisotopic (exact) mass is 682 g/mol. The molecule has 47 heavy (non-hydrogen) atoms. The molecule has 3 atom stereocenters. The number of carbonyl (C=O) groups is 1. The van der Waals surface area contributed by atoms with Crippen LogP contribution in [0.4, 0.5) is 0 Å². The molecule has 3 unspecified atom stereocenters. The number of unbranched alkanes of at least 4 members (excludes halogenated alkanes) is 19. The number of allylic oxidation sites excluding steroid dienone is 7. The van der Waals surface area contributed by atoms with Crippen molar-refractivity contribution >= 4 is 16.0 Å². The Morgan fingerprint density at radius 1 is 0.617 bits per heavy atom. The molecule has 0 aromatic heterocycles. The standard InChI is InChI=1S/C39H71NO6S/c1-3-5-7-9-11-13-14-15-16-17-18-19-20-21-22-23-24-26-28-30-32-34-38(42)39(43)40-36(35-47(44,45)46)37(41)33-31-29-27-25-12-10-8-6-4-2/h4,6,12,20-21,25,31,33,36-38,41-42H,3,5,7-11,13-19,22-24,26-30,32,34-35H2,1-2H3,(H,40,43)(H,44,45,46)/b6-4+,21-20-,25-12+,33-31+. The van der Waals surface area contributed by atoms with Crippen LogP contribution in [0.15, 0.2) is 48.6 Å². The summed E-state index contributed by atoms with van der Waals surface area (Å²) in [5.41, 5.74) is 0. The normalized spacial score (nSPS) is 14.6. The molecule has 0 bridgehead atoms. The zero-order valence-electron chi connectivity index (χ0n) is 30.0. The number of carbonyl (C=O) groups excluding carboxylic acids is 1. The fourth-order valence-electron chi connectivity index (χ4n) is 5.49. The summed E-state index contributed by atoms with van der Waals surface area (Å²) in [7, 11) is -4.45. The lowest BCUT2D eigenvalue weighted by molar-refractivity contribution is -0.130. The lowest BCUT2D eigenvalue weighted by Crippen LogP contribution is -2.50. The summed E-state index contributed by atoms with van der Waals surface area (Å²) < 4.78 is 32.3. The highest BCUT2D eigenvalue weighted by molar-refractivity contribution is 7.85. The van der Waals surface area contributed by atoms with E-state index in [-0.39, 0.29) is 6.42 Å². The van der Waals surface area contributed by atoms with Gasteiger partial charge in [-0.15, -0.1) is 0 Å². The van der Waals surface area contributed by atoms with Crippen molar-refractivity contribution in [2.75, 3.05) is 5.75 Å². The third-order valence-corrected chi connectivity index (χ3v) is 9.19. The second-order valence-electron chi connectivity index (χ2n) is 13.0. The first-order chi connectivity index (χ1) is 22.7. The molecule has 8 heteroatoms. The molecular weight excluding hydrogens is 610 g/mol. The highest BCUT2D eigenvalue weighted by atomic mass is 32.2. The summed E-state index contributed by atoms with van der Waals surface area (Å²) in [5.74, 6) is -1.58. The first kappa shape index (κ1) is 45.3. The molecule has 0 aliphatic heterocycles. The molecule has 0 aliphatic carbocycles. The van der Waals surface area contributed by atoms with Crippen molar-refractivity contribution < 1.29 is 28.0 Å². The quantitative estimate of drug-likeness (QED) is 0.0311. The Labute approximate surface area is 289 Å². The van der Waals surface area contributed by atoms with Gasteiger partial charge in [-0.1, -0.05) is 152 Å². The van der Waals surface area contributed by atoms with Crippen LogP contribution in [0.25, 0.3) is 0 Å². The van der Waals surface area contributed by atoms with Gasteiger partial charge in [0.15, 0.2) is 0 Å². The minimum Gasteiger partial charge on any atom is -0.387 e. The van der Waals surface area contributed by atoms with E-state index in [4.69, 9.17) is 0 Å². The summed E-state index contributed by atoms with van der Waals surface area (Å²) >= 11 is 0. The fourth-order valence-corrected chi connectivity index (χ4v) is 6.22. The Kier molecular flexibility index (Phi) is 31.6. The van der Waals surface area contributed by atoms with E-state index < -0.39 is 40.0 Å². The maximum atomic E-state index is 12.5. The van der Waals surface area contributed by atoms with Crippen molar-refractivity contribution in [3.05, 3.63) is 48.6 Å². The van der Waals surface area contributed by atoms with Crippen molar-refractivity contribution in [2.24, 2.45) is 0 Å². The van der Waals surface area contributed by atoms with Gasteiger partial charge in [0.25, 0.3) is 10.1 Å². The lowest BCUT2D eigenvalue weighted by atomic mass is 10.0. The molecular formula is C39H71NO6S. The van der Waals surface area contributed by atoms with E-state index in [2.05, 4.69) is 36.5 Å². The third-order valence-electron chi connectivity index (χ3n) is 8.41. The predicted molar refractivity (Wildman–Crippen MR) is 199 cm³/mol. The van der Waals surface area contributed by atoms with Crippen molar-refractivity contribution in [1.29, 1.82) is 0 Å². The van der Waals surface area contributed by atoms with Crippen LogP contribution < -0.4 is 5.32 Å². The van der Waals surface area contributed by atoms with Crippen molar-refractivity contribution in [3.8, 4) is 0 Å². The highest BCUT2D eigenvalue weighted by Crippen LogP contribution is 2.14. The Morgan fingerprint density at radius 3 is 1.53 bits per heavy atom. The van der Waals surface area contributed by atoms with Gasteiger partial charge in [0, 0.05) is 0 Å². The number of rotatable bonds is 33. The van der Waals surface area contributed by atoms with Crippen LogP contribution in [-0.4, -0.2) is 53.1 Å². The van der Waals surface area contributed by atoms with E-state index in [1.807, 2.05) is 19.1 Å². The van der Waals surface area contributed by atoms with E-state index in [1.165, 1.54) is 96.0 Å². The molecule has 0 aromatic carbocycles. The van der Waals surface area contributed by atoms with Gasteiger partial charge in [-0.3, -0.25) is 9.35 Å². The first-order valence-electron chi connectivity index (χ1n) is 18.9. The average molecular weight is 682 g/mol. The molecule has 0 aliphatic rings. The average Bonchev–Trinajstić information content (AvgIpc) is 3.03. The summed E-state index contributed by atoms with van der Waals surface area (Å²) in [6.45, 7) is 4.26. The molecule has 0 spiro atoms. The fraction of sp³-hybridized carbons (Fsp3) is 0.769. The number of hydrogen-bond donors (Lipinski definition) is 4. The van der Waals surface area contributed by atoms with Gasteiger partial charge in [-0.25, -0.2) is 0 Å². The van der Waals surface area contributed by atoms with Gasteiger partial charge in [0.1, 0.15) is 6.10 Å². The summed E-state index contributed by atoms with van der Waals surface area (Å²) in [6.07, 6.45) is 40.6. The molecule has 7 nitrogen and oxygen atoms in total. The van der Waals surface area contributed by atoms with Gasteiger partial charge in [0.05, 0.1) is 17.9 Å². The Bertz CT molecular complexity index is 943. The van der Waals surface area contributed by atoms with Crippen molar-refractivity contribution in [2.45, 2.75) is 186 Å². The Balaban J connectivity index is 3.99. The zero-order chi connectivity index (χ0) is 34.9. The zero-order valence-corrected chi connectivity index (χ0v) is 30.8. The molecule has 274 valence electrons. The number of aliphatic hydroxyl groups excluding tert-OH is 2. The molecule has 0 saturated heterocycles. The number of nitrogens with one attached hydrogen (secondary N) is 1. The Hall–Kier alpha value is -1.74. The Morgan fingerprint density at radius 2 is 1.04 bits per heavy atom. The van der Waals surface area contributed by atoms with Crippen LogP contribution in [-0.2, 0) is 14.9 Å². The van der Waals surface area contributed by atoms with Crippen molar-refractivity contribution in [1.82, 2.24) is 5.32 Å². The minimum atomic E-state index is -4.45. The maximum absolute atomic E-state index is 12.5. The molecule has 1 amide bonds. The summed E-state index contributed by atoms with van der Waals surface area (Å²) in [4.78, 5) is 12.5. The molecule has 0 fully saturated rings. The van der Waals surface area contributed by atoms with Crippen LogP contribution in [0, 0.1) is 0 Å². The van der Waals surface area contributed by atoms with Gasteiger partial charge >= 0.3 is 0 Å². The second-order valence-corrected chi connectivity index (χ2v) is 14.5. The molecule has 0 aromatic rings. The molecule has 0 radical (unpaired) electrons. The van der Waals surface area contributed by atoms with Gasteiger partial charge in [-0.05, 0) is 64.7 Å². The van der Waals surface area contributed by atoms with E-state index >= 15 is 0 Å². The van der Waals surface area contributed by atoms with Crippen LogP contribution in [0.5, 0.6) is 0 Å². The first-order valence-corrected chi connectivity index (χ1v) is 20.5. The van der Waals surface area contributed by atoms with Gasteiger partial charge in [-0.2, -0.15) is 8.42 Å². The highest BCUT2D eigenvalue weighted by Gasteiger charge is 2.27. The van der Waals surface area contributed by atoms with E-state index in [1.54, 1.807) is 6.08 Å². The second kappa shape index (κ2) is 32.8. The number of aliphatic hydroxyl groups is 2. The van der Waals surface area contributed by atoms with Crippen LogP contribution in [0.1, 0.15) is 168 Å². The van der Waals surface area contributed by atoms with E-state index in [9.17, 15) is 28.0 Å². The molecule has 0 rings (SSSR count). The molecule has 0 saturated carbocycles. The number of hydrogen-bond acceptors (Lipinski definition) is 5. The largest absolute Gasteiger partial charge is 0.387 e. The molecule has 4 N–H and O–H groups in total. The minimum absolute atomic E-state index is 0.262. The van der Waals surface area contributed by atoms with Crippen molar-refractivity contribution in [3.63, 3.8) is 0 Å². The van der Waals surface area contributed by atoms with Crippen LogP contribution >= 0.6 is 0 Å². The third kappa shape index (κ3) is 32.6. The SMILES string of the molecule is C/C=C/CC/C=C/CC/C=C/C(O)C(CS(=O)(=O)O)NC(=O)C(O)CCCCCCCC/C=C\CCCCCCCCCCCCC. The van der Waals surface area contributed by atoms with E-state index in [0.717, 1.165) is 44.9 Å². The lowest BCUT2D eigenvalue weighted by Gasteiger charge is -2.22. The van der Waals surface area contributed by atoms with Gasteiger partial charge < -0.3 is 15.5 Å². The smallest absolute Gasteiger partial charge is 0.267 e. The van der Waals surface area contributed by atoms with E-state index in [0.29, 0.717) is 12.8 Å². The predicted octanol–water partition coefficient (Wildman–Crippen LogP) is 9.71.